The highest BCUT2D eigenvalue weighted by Gasteiger charge is 2.36. The molecule has 0 saturated heterocycles. The number of hydrogen-bond donors (Lipinski definition) is 4. The zero-order valence-corrected chi connectivity index (χ0v) is 8.65. The summed E-state index contributed by atoms with van der Waals surface area (Å²) in [4.78, 5) is 42.5. The Hall–Kier alpha value is -2.38. The van der Waals surface area contributed by atoms with Crippen molar-refractivity contribution in [2.45, 2.75) is 6.92 Å². The van der Waals surface area contributed by atoms with E-state index in [-0.39, 0.29) is 6.08 Å². The Morgan fingerprint density at radius 3 is 1.65 bits per heavy atom. The lowest BCUT2D eigenvalue weighted by atomic mass is 9.86. The predicted molar refractivity (Wildman–Crippen MR) is 51.3 cm³/mol. The molecule has 0 amide bonds. The second-order valence-electron chi connectivity index (χ2n) is 3.19. The van der Waals surface area contributed by atoms with Crippen LogP contribution >= 0.6 is 0 Å². The van der Waals surface area contributed by atoms with Gasteiger partial charge < -0.3 is 20.4 Å². The van der Waals surface area contributed by atoms with E-state index in [4.69, 9.17) is 20.4 Å². The van der Waals surface area contributed by atoms with Crippen LogP contribution in [0.5, 0.6) is 0 Å². The minimum atomic E-state index is -1.93. The Kier molecular flexibility index (Phi) is 4.85. The van der Waals surface area contributed by atoms with E-state index in [1.165, 1.54) is 0 Å². The van der Waals surface area contributed by atoms with E-state index in [0.717, 1.165) is 6.92 Å². The molecule has 2 atom stereocenters. The molecule has 0 aliphatic carbocycles. The molecule has 0 aromatic heterocycles. The molecular weight excluding hydrogens is 236 g/mol. The van der Waals surface area contributed by atoms with E-state index in [1.54, 1.807) is 0 Å². The summed E-state index contributed by atoms with van der Waals surface area (Å²) in [5.74, 6) is -10.2. The highest BCUT2D eigenvalue weighted by molar-refractivity contribution is 6.00. The van der Waals surface area contributed by atoms with Crippen LogP contribution < -0.4 is 0 Å². The third-order valence-electron chi connectivity index (χ3n) is 2.02. The van der Waals surface area contributed by atoms with Crippen LogP contribution in [0.1, 0.15) is 6.92 Å². The zero-order chi connectivity index (χ0) is 13.7. The SMILES string of the molecule is CC(C(=O)O)C(C(=O)O)C(=CC(=O)O)C(=O)O. The molecule has 8 nitrogen and oxygen atoms in total. The van der Waals surface area contributed by atoms with Gasteiger partial charge in [0.2, 0.25) is 0 Å². The van der Waals surface area contributed by atoms with Gasteiger partial charge in [0.1, 0.15) is 5.92 Å². The Balaban J connectivity index is 5.56. The van der Waals surface area contributed by atoms with Crippen molar-refractivity contribution in [2.75, 3.05) is 0 Å². The number of rotatable bonds is 6. The van der Waals surface area contributed by atoms with Crippen LogP contribution in [-0.4, -0.2) is 44.3 Å². The summed E-state index contributed by atoms with van der Waals surface area (Å²) in [6, 6.07) is 0. The number of carboxylic acids is 4. The van der Waals surface area contributed by atoms with Crippen molar-refractivity contribution in [1.82, 2.24) is 0 Å². The lowest BCUT2D eigenvalue weighted by molar-refractivity contribution is -0.153. The molecule has 0 aromatic rings. The molecule has 17 heavy (non-hydrogen) atoms. The van der Waals surface area contributed by atoms with E-state index < -0.39 is 41.3 Å². The molecule has 0 bridgehead atoms. The van der Waals surface area contributed by atoms with E-state index in [9.17, 15) is 19.2 Å². The van der Waals surface area contributed by atoms with Crippen LogP contribution in [0.15, 0.2) is 11.6 Å². The number of aliphatic carboxylic acids is 4. The number of carbonyl (C=O) groups is 4. The molecule has 0 aromatic carbocycles. The molecule has 8 heteroatoms. The van der Waals surface area contributed by atoms with Crippen molar-refractivity contribution in [2.24, 2.45) is 11.8 Å². The molecule has 0 heterocycles. The summed E-state index contributed by atoms with van der Waals surface area (Å²) < 4.78 is 0. The van der Waals surface area contributed by atoms with E-state index in [0.29, 0.717) is 0 Å². The van der Waals surface area contributed by atoms with Crippen LogP contribution in [0, 0.1) is 11.8 Å². The Morgan fingerprint density at radius 2 is 1.41 bits per heavy atom. The van der Waals surface area contributed by atoms with Gasteiger partial charge in [0.05, 0.1) is 11.5 Å². The van der Waals surface area contributed by atoms with Crippen molar-refractivity contribution < 1.29 is 39.6 Å². The predicted octanol–water partition coefficient (Wildman–Crippen LogP) is -0.496. The molecule has 0 aliphatic heterocycles. The standard InChI is InChI=1S/C9H10O8/c1-3(7(12)13)6(9(16)17)4(8(14)15)2-5(10)11/h2-3,6H,1H3,(H,10,11)(H,12,13)(H,14,15)(H,16,17). The number of carboxylic acid groups (broad SMARTS) is 4. The summed E-state index contributed by atoms with van der Waals surface area (Å²) in [5, 5.41) is 34.5. The first kappa shape index (κ1) is 14.6. The Labute approximate surface area is 94.8 Å². The fourth-order valence-corrected chi connectivity index (χ4v) is 1.18. The fourth-order valence-electron chi connectivity index (χ4n) is 1.18. The first-order chi connectivity index (χ1) is 7.68. The molecule has 0 aliphatic rings. The summed E-state index contributed by atoms with van der Waals surface area (Å²) in [6.45, 7) is 0.986. The van der Waals surface area contributed by atoms with Gasteiger partial charge in [0, 0.05) is 6.08 Å². The molecule has 94 valence electrons. The maximum absolute atomic E-state index is 10.8. The van der Waals surface area contributed by atoms with Crippen LogP contribution in [0.3, 0.4) is 0 Å². The van der Waals surface area contributed by atoms with Crippen molar-refractivity contribution in [3.8, 4) is 0 Å². The lowest BCUT2D eigenvalue weighted by Gasteiger charge is -2.16. The largest absolute Gasteiger partial charge is 0.481 e. The highest BCUT2D eigenvalue weighted by Crippen LogP contribution is 2.22. The first-order valence-electron chi connectivity index (χ1n) is 4.31. The highest BCUT2D eigenvalue weighted by atomic mass is 16.4. The van der Waals surface area contributed by atoms with Gasteiger partial charge in [0.15, 0.2) is 0 Å². The average molecular weight is 246 g/mol. The fraction of sp³-hybridized carbons (Fsp3) is 0.333. The summed E-state index contributed by atoms with van der Waals surface area (Å²) >= 11 is 0. The Bertz CT molecular complexity index is 394. The zero-order valence-electron chi connectivity index (χ0n) is 8.65. The van der Waals surface area contributed by atoms with Crippen LogP contribution in [-0.2, 0) is 19.2 Å². The van der Waals surface area contributed by atoms with Crippen LogP contribution in [0.25, 0.3) is 0 Å². The van der Waals surface area contributed by atoms with Crippen molar-refractivity contribution in [3.63, 3.8) is 0 Å². The summed E-state index contributed by atoms with van der Waals surface area (Å²) in [7, 11) is 0. The maximum Gasteiger partial charge on any atom is 0.332 e. The molecule has 0 spiro atoms. The maximum atomic E-state index is 10.8. The van der Waals surface area contributed by atoms with Crippen LogP contribution in [0.4, 0.5) is 0 Å². The number of hydrogen-bond acceptors (Lipinski definition) is 4. The van der Waals surface area contributed by atoms with Crippen molar-refractivity contribution >= 4 is 23.9 Å². The first-order valence-corrected chi connectivity index (χ1v) is 4.31. The van der Waals surface area contributed by atoms with Gasteiger partial charge in [-0.15, -0.1) is 0 Å². The molecule has 0 rings (SSSR count). The second-order valence-corrected chi connectivity index (χ2v) is 3.19. The smallest absolute Gasteiger partial charge is 0.332 e. The van der Waals surface area contributed by atoms with Gasteiger partial charge in [-0.05, 0) is 0 Å². The minimum absolute atomic E-state index is 0.181. The average Bonchev–Trinajstić information content (AvgIpc) is 2.14. The monoisotopic (exact) mass is 246 g/mol. The lowest BCUT2D eigenvalue weighted by Crippen LogP contribution is -2.32. The van der Waals surface area contributed by atoms with E-state index in [2.05, 4.69) is 0 Å². The van der Waals surface area contributed by atoms with Crippen molar-refractivity contribution in [1.29, 1.82) is 0 Å². The van der Waals surface area contributed by atoms with Gasteiger partial charge in [0.25, 0.3) is 0 Å². The molecule has 0 radical (unpaired) electrons. The van der Waals surface area contributed by atoms with E-state index in [1.807, 2.05) is 0 Å². The van der Waals surface area contributed by atoms with Gasteiger partial charge >= 0.3 is 23.9 Å². The summed E-state index contributed by atoms with van der Waals surface area (Å²) in [6.07, 6.45) is 0.181. The van der Waals surface area contributed by atoms with Gasteiger partial charge in [-0.1, -0.05) is 6.92 Å². The normalized spacial score (nSPS) is 14.8. The Morgan fingerprint density at radius 1 is 0.941 bits per heavy atom. The van der Waals surface area contributed by atoms with E-state index >= 15 is 0 Å². The van der Waals surface area contributed by atoms with Gasteiger partial charge in [-0.2, -0.15) is 0 Å². The molecule has 2 unspecified atom stereocenters. The second kappa shape index (κ2) is 5.64. The van der Waals surface area contributed by atoms with Crippen LogP contribution in [0.2, 0.25) is 0 Å². The van der Waals surface area contributed by atoms with Crippen molar-refractivity contribution in [3.05, 3.63) is 11.6 Å². The molecular formula is C9H10O8. The molecule has 4 N–H and O–H groups in total. The third-order valence-corrected chi connectivity index (χ3v) is 2.02. The third kappa shape index (κ3) is 3.93. The quantitative estimate of drug-likeness (QED) is 0.458. The summed E-state index contributed by atoms with van der Waals surface area (Å²) in [5.41, 5.74) is -0.986. The minimum Gasteiger partial charge on any atom is -0.481 e. The molecule has 0 fully saturated rings. The van der Waals surface area contributed by atoms with Gasteiger partial charge in [-0.3, -0.25) is 9.59 Å². The topological polar surface area (TPSA) is 149 Å². The molecule has 0 saturated carbocycles. The van der Waals surface area contributed by atoms with Gasteiger partial charge in [-0.25, -0.2) is 9.59 Å².